The van der Waals surface area contributed by atoms with E-state index in [2.05, 4.69) is 5.32 Å². The van der Waals surface area contributed by atoms with E-state index in [0.29, 0.717) is 24.4 Å². The second kappa shape index (κ2) is 5.00. The van der Waals surface area contributed by atoms with Gasteiger partial charge in [0.1, 0.15) is 5.58 Å². The van der Waals surface area contributed by atoms with E-state index in [-0.39, 0.29) is 18.4 Å². The van der Waals surface area contributed by atoms with Crippen molar-refractivity contribution in [2.45, 2.75) is 13.3 Å². The van der Waals surface area contributed by atoms with Crippen LogP contribution >= 0.6 is 0 Å². The summed E-state index contributed by atoms with van der Waals surface area (Å²) < 4.78 is 5.59. The molecule has 0 spiro atoms. The Morgan fingerprint density at radius 1 is 1.35 bits per heavy atom. The lowest BCUT2D eigenvalue weighted by Crippen LogP contribution is -2.37. The molecule has 3 rings (SSSR count). The summed E-state index contributed by atoms with van der Waals surface area (Å²) in [4.78, 5) is 25.4. The first-order valence-corrected chi connectivity index (χ1v) is 6.70. The molecule has 5 heteroatoms. The first-order valence-electron chi connectivity index (χ1n) is 6.70. The summed E-state index contributed by atoms with van der Waals surface area (Å²) in [5, 5.41) is 3.66. The van der Waals surface area contributed by atoms with Crippen LogP contribution in [0.4, 0.5) is 0 Å². The van der Waals surface area contributed by atoms with Crippen LogP contribution < -0.4 is 5.32 Å². The molecule has 1 saturated heterocycles. The van der Waals surface area contributed by atoms with Crippen molar-refractivity contribution in [3.8, 4) is 0 Å². The minimum absolute atomic E-state index is 0.0922. The summed E-state index contributed by atoms with van der Waals surface area (Å²) in [5.41, 5.74) is 1.81. The maximum Gasteiger partial charge on any atom is 0.290 e. The highest BCUT2D eigenvalue weighted by Gasteiger charge is 2.23. The fourth-order valence-corrected chi connectivity index (χ4v) is 2.40. The Balaban J connectivity index is 1.89. The lowest BCUT2D eigenvalue weighted by molar-refractivity contribution is -0.121. The van der Waals surface area contributed by atoms with E-state index in [9.17, 15) is 9.59 Å². The SMILES string of the molecule is Cc1ccc2oc(C(=O)N3CCCNC(=O)C3)cc2c1. The standard InChI is InChI=1S/C15H16N2O3/c1-10-3-4-12-11(7-10)8-13(20-12)15(19)17-6-2-5-16-14(18)9-17/h3-4,7-8H,2,5-6,9H2,1H3,(H,16,18). The van der Waals surface area contributed by atoms with Gasteiger partial charge in [0.15, 0.2) is 5.76 Å². The predicted molar refractivity (Wildman–Crippen MR) is 74.5 cm³/mol. The highest BCUT2D eigenvalue weighted by molar-refractivity contribution is 5.98. The zero-order chi connectivity index (χ0) is 14.1. The Morgan fingerprint density at radius 2 is 2.20 bits per heavy atom. The molecule has 2 heterocycles. The zero-order valence-corrected chi connectivity index (χ0v) is 11.3. The fourth-order valence-electron chi connectivity index (χ4n) is 2.40. The molecule has 20 heavy (non-hydrogen) atoms. The maximum atomic E-state index is 12.4. The highest BCUT2D eigenvalue weighted by Crippen LogP contribution is 2.21. The fraction of sp³-hybridized carbons (Fsp3) is 0.333. The van der Waals surface area contributed by atoms with E-state index < -0.39 is 0 Å². The van der Waals surface area contributed by atoms with Crippen molar-refractivity contribution in [1.29, 1.82) is 0 Å². The molecule has 0 saturated carbocycles. The van der Waals surface area contributed by atoms with Crippen molar-refractivity contribution in [2.24, 2.45) is 0 Å². The average Bonchev–Trinajstić information content (AvgIpc) is 2.71. The number of nitrogens with zero attached hydrogens (tertiary/aromatic N) is 1. The molecule has 1 N–H and O–H groups in total. The molecule has 0 bridgehead atoms. The van der Waals surface area contributed by atoms with E-state index >= 15 is 0 Å². The number of aryl methyl sites for hydroxylation is 1. The van der Waals surface area contributed by atoms with Gasteiger partial charge in [-0.2, -0.15) is 0 Å². The van der Waals surface area contributed by atoms with Crippen molar-refractivity contribution in [3.63, 3.8) is 0 Å². The molecule has 1 aliphatic rings. The summed E-state index contributed by atoms with van der Waals surface area (Å²) in [5.74, 6) is -0.0565. The number of hydrogen-bond acceptors (Lipinski definition) is 3. The van der Waals surface area contributed by atoms with Crippen LogP contribution in [0.3, 0.4) is 0 Å². The van der Waals surface area contributed by atoms with Crippen LogP contribution in [-0.4, -0.2) is 36.3 Å². The van der Waals surface area contributed by atoms with Crippen LogP contribution in [0.2, 0.25) is 0 Å². The van der Waals surface area contributed by atoms with Crippen molar-refractivity contribution < 1.29 is 14.0 Å². The van der Waals surface area contributed by atoms with Gasteiger partial charge in [0.05, 0.1) is 6.54 Å². The monoisotopic (exact) mass is 272 g/mol. The van der Waals surface area contributed by atoms with Gasteiger partial charge < -0.3 is 14.6 Å². The normalized spacial score (nSPS) is 16.1. The molecule has 1 aromatic heterocycles. The van der Waals surface area contributed by atoms with Crippen molar-refractivity contribution in [3.05, 3.63) is 35.6 Å². The van der Waals surface area contributed by atoms with Crippen molar-refractivity contribution in [1.82, 2.24) is 10.2 Å². The second-order valence-electron chi connectivity index (χ2n) is 5.08. The second-order valence-corrected chi connectivity index (χ2v) is 5.08. The lowest BCUT2D eigenvalue weighted by atomic mass is 10.2. The first-order chi connectivity index (χ1) is 9.63. The average molecular weight is 272 g/mol. The topological polar surface area (TPSA) is 62.6 Å². The van der Waals surface area contributed by atoms with E-state index in [1.54, 1.807) is 6.07 Å². The van der Waals surface area contributed by atoms with Gasteiger partial charge in [-0.05, 0) is 31.5 Å². The maximum absolute atomic E-state index is 12.4. The Bertz CT molecular complexity index is 675. The van der Waals surface area contributed by atoms with Crippen LogP contribution in [0.25, 0.3) is 11.0 Å². The lowest BCUT2D eigenvalue weighted by Gasteiger charge is -2.17. The Morgan fingerprint density at radius 3 is 3.05 bits per heavy atom. The number of benzene rings is 1. The quantitative estimate of drug-likeness (QED) is 0.859. The van der Waals surface area contributed by atoms with Crippen molar-refractivity contribution in [2.75, 3.05) is 19.6 Å². The number of amides is 2. The summed E-state index contributed by atoms with van der Waals surface area (Å²) in [6.07, 6.45) is 0.761. The number of hydrogen-bond donors (Lipinski definition) is 1. The molecule has 0 radical (unpaired) electrons. The molecular weight excluding hydrogens is 256 g/mol. The van der Waals surface area contributed by atoms with Gasteiger partial charge in [-0.25, -0.2) is 0 Å². The molecule has 0 unspecified atom stereocenters. The molecular formula is C15H16N2O3. The third-order valence-corrected chi connectivity index (χ3v) is 3.43. The van der Waals surface area contributed by atoms with Gasteiger partial charge in [0.25, 0.3) is 5.91 Å². The molecule has 104 valence electrons. The number of carbonyl (C=O) groups excluding carboxylic acids is 2. The zero-order valence-electron chi connectivity index (χ0n) is 11.3. The van der Waals surface area contributed by atoms with Gasteiger partial charge in [0, 0.05) is 18.5 Å². The molecule has 2 amide bonds. The van der Waals surface area contributed by atoms with Gasteiger partial charge in [-0.1, -0.05) is 11.6 Å². The largest absolute Gasteiger partial charge is 0.451 e. The minimum Gasteiger partial charge on any atom is -0.451 e. The molecule has 2 aromatic rings. The van der Waals surface area contributed by atoms with Crippen LogP contribution in [0.15, 0.2) is 28.7 Å². The first kappa shape index (κ1) is 12.7. The third-order valence-electron chi connectivity index (χ3n) is 3.43. The van der Waals surface area contributed by atoms with Gasteiger partial charge in [-0.15, -0.1) is 0 Å². The Labute approximate surface area is 116 Å². The predicted octanol–water partition coefficient (Wildman–Crippen LogP) is 1.70. The van der Waals surface area contributed by atoms with Crippen LogP contribution in [-0.2, 0) is 4.79 Å². The summed E-state index contributed by atoms with van der Waals surface area (Å²) in [6.45, 7) is 3.26. The smallest absolute Gasteiger partial charge is 0.290 e. The highest BCUT2D eigenvalue weighted by atomic mass is 16.3. The van der Waals surface area contributed by atoms with E-state index in [4.69, 9.17) is 4.42 Å². The molecule has 1 fully saturated rings. The Hall–Kier alpha value is -2.30. The van der Waals surface area contributed by atoms with Crippen LogP contribution in [0.5, 0.6) is 0 Å². The number of nitrogens with one attached hydrogen (secondary N) is 1. The number of carbonyl (C=O) groups is 2. The third kappa shape index (κ3) is 2.39. The molecule has 0 atom stereocenters. The number of furan rings is 1. The molecule has 1 aliphatic heterocycles. The molecule has 5 nitrogen and oxygen atoms in total. The van der Waals surface area contributed by atoms with Crippen LogP contribution in [0, 0.1) is 6.92 Å². The summed E-state index contributed by atoms with van der Waals surface area (Å²) in [7, 11) is 0. The molecule has 1 aromatic carbocycles. The summed E-state index contributed by atoms with van der Waals surface area (Å²) >= 11 is 0. The molecule has 0 aliphatic carbocycles. The minimum atomic E-state index is -0.226. The van der Waals surface area contributed by atoms with Gasteiger partial charge >= 0.3 is 0 Å². The van der Waals surface area contributed by atoms with Crippen molar-refractivity contribution >= 4 is 22.8 Å². The number of fused-ring (bicyclic) bond motifs is 1. The summed E-state index contributed by atoms with van der Waals surface area (Å²) in [6, 6.07) is 7.52. The Kier molecular flexibility index (Phi) is 3.18. The van der Waals surface area contributed by atoms with Gasteiger partial charge in [-0.3, -0.25) is 9.59 Å². The van der Waals surface area contributed by atoms with Crippen LogP contribution in [0.1, 0.15) is 22.5 Å². The van der Waals surface area contributed by atoms with E-state index in [0.717, 1.165) is 17.4 Å². The van der Waals surface area contributed by atoms with E-state index in [1.165, 1.54) is 4.90 Å². The van der Waals surface area contributed by atoms with Gasteiger partial charge in [0.2, 0.25) is 5.91 Å². The van der Waals surface area contributed by atoms with E-state index in [1.807, 2.05) is 25.1 Å². The number of rotatable bonds is 1.